The van der Waals surface area contributed by atoms with Crippen LogP contribution in [0.1, 0.15) is 17.2 Å². The summed E-state index contributed by atoms with van der Waals surface area (Å²) in [4.78, 5) is 4.22. The topological polar surface area (TPSA) is 33.1 Å². The van der Waals surface area contributed by atoms with Gasteiger partial charge in [-0.15, -0.1) is 0 Å². The molecule has 2 aromatic carbocycles. The highest BCUT2D eigenvalue weighted by Crippen LogP contribution is 2.26. The van der Waals surface area contributed by atoms with Crippen LogP contribution in [-0.4, -0.2) is 10.1 Å². The van der Waals surface area contributed by atoms with E-state index in [1.165, 1.54) is 0 Å². The zero-order chi connectivity index (χ0) is 14.8. The summed E-state index contributed by atoms with van der Waals surface area (Å²) in [6.45, 7) is 0. The molecule has 0 radical (unpaired) electrons. The van der Waals surface area contributed by atoms with Gasteiger partial charge in [-0.2, -0.15) is 0 Å². The highest BCUT2D eigenvalue weighted by Gasteiger charge is 2.15. The summed E-state index contributed by atoms with van der Waals surface area (Å²) in [5.41, 5.74) is 1.57. The predicted molar refractivity (Wildman–Crippen MR) is 76.8 cm³/mol. The van der Waals surface area contributed by atoms with Crippen LogP contribution < -0.4 is 0 Å². The second-order valence-corrected chi connectivity index (χ2v) is 4.87. The molecule has 1 N–H and O–H groups in total. The normalized spacial score (nSPS) is 12.5. The number of aliphatic hydroxyl groups is 1. The quantitative estimate of drug-likeness (QED) is 0.794. The molecule has 0 saturated carbocycles. The zero-order valence-corrected chi connectivity index (χ0v) is 11.1. The molecule has 21 heavy (non-hydrogen) atoms. The van der Waals surface area contributed by atoms with Gasteiger partial charge in [-0.05, 0) is 41.5 Å². The van der Waals surface area contributed by atoms with Gasteiger partial charge in [0.15, 0.2) is 0 Å². The molecule has 3 rings (SSSR count). The van der Waals surface area contributed by atoms with E-state index in [1.807, 2.05) is 12.1 Å². The van der Waals surface area contributed by atoms with Gasteiger partial charge in [0.25, 0.3) is 0 Å². The third-order valence-corrected chi connectivity index (χ3v) is 3.46. The lowest BCUT2D eigenvalue weighted by atomic mass is 9.97. The van der Waals surface area contributed by atoms with Crippen molar-refractivity contribution in [3.8, 4) is 0 Å². The van der Waals surface area contributed by atoms with E-state index in [-0.39, 0.29) is 12.0 Å². The van der Waals surface area contributed by atoms with Crippen LogP contribution in [0.4, 0.5) is 8.78 Å². The van der Waals surface area contributed by atoms with Gasteiger partial charge in [0.1, 0.15) is 11.6 Å². The molecule has 0 amide bonds. The van der Waals surface area contributed by atoms with Crippen molar-refractivity contribution in [2.75, 3.05) is 0 Å². The molecule has 2 nitrogen and oxygen atoms in total. The van der Waals surface area contributed by atoms with Crippen LogP contribution in [0.25, 0.3) is 10.9 Å². The number of rotatable bonds is 3. The maximum Gasteiger partial charge on any atom is 0.126 e. The number of hydrogen-bond acceptors (Lipinski definition) is 2. The third-order valence-electron chi connectivity index (χ3n) is 3.46. The molecule has 3 aromatic rings. The average molecular weight is 285 g/mol. The highest BCUT2D eigenvalue weighted by atomic mass is 19.1. The second kappa shape index (κ2) is 5.58. The molecule has 106 valence electrons. The largest absolute Gasteiger partial charge is 0.388 e. The van der Waals surface area contributed by atoms with E-state index in [1.54, 1.807) is 24.4 Å². The SMILES string of the molecule is OC(Cc1cc(F)ccc1F)c1cccc2ncccc12. The minimum Gasteiger partial charge on any atom is -0.388 e. The van der Waals surface area contributed by atoms with Crippen LogP contribution in [0.3, 0.4) is 0 Å². The Hall–Kier alpha value is -2.33. The first-order valence-corrected chi connectivity index (χ1v) is 6.61. The molecule has 0 saturated heterocycles. The highest BCUT2D eigenvalue weighted by molar-refractivity contribution is 5.82. The number of halogens is 2. The fourth-order valence-corrected chi connectivity index (χ4v) is 2.44. The minimum absolute atomic E-state index is 0.0115. The summed E-state index contributed by atoms with van der Waals surface area (Å²) in [7, 11) is 0. The van der Waals surface area contributed by atoms with Crippen molar-refractivity contribution in [2.24, 2.45) is 0 Å². The number of benzene rings is 2. The molecule has 0 spiro atoms. The molecule has 1 unspecified atom stereocenters. The summed E-state index contributed by atoms with van der Waals surface area (Å²) in [5.74, 6) is -1.04. The molecular weight excluding hydrogens is 272 g/mol. The van der Waals surface area contributed by atoms with Gasteiger partial charge in [0.2, 0.25) is 0 Å². The summed E-state index contributed by atoms with van der Waals surface area (Å²) in [6.07, 6.45) is 0.761. The molecule has 1 atom stereocenters. The van der Waals surface area contributed by atoms with Crippen molar-refractivity contribution >= 4 is 10.9 Å². The Morgan fingerprint density at radius 2 is 1.90 bits per heavy atom. The van der Waals surface area contributed by atoms with Crippen molar-refractivity contribution in [3.05, 3.63) is 77.5 Å². The van der Waals surface area contributed by atoms with Crippen LogP contribution in [-0.2, 0) is 6.42 Å². The number of pyridine rings is 1. The van der Waals surface area contributed by atoms with Crippen molar-refractivity contribution < 1.29 is 13.9 Å². The lowest BCUT2D eigenvalue weighted by Crippen LogP contribution is -2.05. The van der Waals surface area contributed by atoms with Gasteiger partial charge in [-0.3, -0.25) is 4.98 Å². The van der Waals surface area contributed by atoms with Crippen LogP contribution in [0.5, 0.6) is 0 Å². The van der Waals surface area contributed by atoms with Crippen molar-refractivity contribution in [3.63, 3.8) is 0 Å². The Labute approximate surface area is 120 Å². The molecule has 1 aromatic heterocycles. The number of hydrogen-bond donors (Lipinski definition) is 1. The number of nitrogens with zero attached hydrogens (tertiary/aromatic N) is 1. The van der Waals surface area contributed by atoms with E-state index < -0.39 is 17.7 Å². The first-order valence-electron chi connectivity index (χ1n) is 6.61. The molecular formula is C17H13F2NO. The van der Waals surface area contributed by atoms with Crippen LogP contribution in [0.15, 0.2) is 54.7 Å². The molecule has 0 aliphatic heterocycles. The fraction of sp³-hybridized carbons (Fsp3) is 0.118. The van der Waals surface area contributed by atoms with E-state index in [9.17, 15) is 13.9 Å². The summed E-state index contributed by atoms with van der Waals surface area (Å²) in [6, 6.07) is 12.3. The van der Waals surface area contributed by atoms with Gasteiger partial charge < -0.3 is 5.11 Å². The number of aromatic nitrogens is 1. The van der Waals surface area contributed by atoms with Gasteiger partial charge in [0.05, 0.1) is 11.6 Å². The first-order chi connectivity index (χ1) is 10.1. The molecule has 0 aliphatic rings. The van der Waals surface area contributed by atoms with Crippen LogP contribution in [0.2, 0.25) is 0 Å². The minimum atomic E-state index is -0.922. The molecule has 1 heterocycles. The lowest BCUT2D eigenvalue weighted by Gasteiger charge is -2.14. The Morgan fingerprint density at radius 3 is 2.76 bits per heavy atom. The standard InChI is InChI=1S/C17H13F2NO/c18-12-6-7-15(19)11(9-12)10-17(21)14-3-1-5-16-13(14)4-2-8-20-16/h1-9,17,21H,10H2. The summed E-state index contributed by atoms with van der Waals surface area (Å²) >= 11 is 0. The molecule has 0 fully saturated rings. The summed E-state index contributed by atoms with van der Waals surface area (Å²) < 4.78 is 26.9. The Balaban J connectivity index is 1.97. The average Bonchev–Trinajstić information content (AvgIpc) is 2.50. The Kier molecular flexibility index (Phi) is 3.62. The first kappa shape index (κ1) is 13.6. The van der Waals surface area contributed by atoms with E-state index in [4.69, 9.17) is 0 Å². The van der Waals surface area contributed by atoms with Crippen molar-refractivity contribution in [1.82, 2.24) is 4.98 Å². The second-order valence-electron chi connectivity index (χ2n) is 4.87. The summed E-state index contributed by atoms with van der Waals surface area (Å²) in [5, 5.41) is 11.2. The monoisotopic (exact) mass is 285 g/mol. The third kappa shape index (κ3) is 2.76. The van der Waals surface area contributed by atoms with Crippen molar-refractivity contribution in [2.45, 2.75) is 12.5 Å². The van der Waals surface area contributed by atoms with E-state index in [2.05, 4.69) is 4.98 Å². The number of aliphatic hydroxyl groups excluding tert-OH is 1. The van der Waals surface area contributed by atoms with Crippen LogP contribution in [0, 0.1) is 11.6 Å². The molecule has 4 heteroatoms. The van der Waals surface area contributed by atoms with E-state index in [0.717, 1.165) is 29.1 Å². The van der Waals surface area contributed by atoms with Crippen molar-refractivity contribution in [1.29, 1.82) is 0 Å². The molecule has 0 aliphatic carbocycles. The smallest absolute Gasteiger partial charge is 0.126 e. The van der Waals surface area contributed by atoms with Gasteiger partial charge in [-0.1, -0.05) is 18.2 Å². The zero-order valence-electron chi connectivity index (χ0n) is 11.1. The Morgan fingerprint density at radius 1 is 1.05 bits per heavy atom. The van der Waals surface area contributed by atoms with Crippen LogP contribution >= 0.6 is 0 Å². The lowest BCUT2D eigenvalue weighted by molar-refractivity contribution is 0.178. The Bertz CT molecular complexity index is 783. The van der Waals surface area contributed by atoms with Gasteiger partial charge >= 0.3 is 0 Å². The predicted octanol–water partition coefficient (Wildman–Crippen LogP) is 3.79. The molecule has 0 bridgehead atoms. The maximum absolute atomic E-state index is 13.7. The van der Waals surface area contributed by atoms with E-state index >= 15 is 0 Å². The maximum atomic E-state index is 13.7. The fourth-order valence-electron chi connectivity index (χ4n) is 2.44. The van der Waals surface area contributed by atoms with Gasteiger partial charge in [-0.25, -0.2) is 8.78 Å². The number of fused-ring (bicyclic) bond motifs is 1. The van der Waals surface area contributed by atoms with Gasteiger partial charge in [0, 0.05) is 18.0 Å². The van der Waals surface area contributed by atoms with E-state index in [0.29, 0.717) is 5.56 Å².